The van der Waals surface area contributed by atoms with Gasteiger partial charge in [-0.1, -0.05) is 26.2 Å². The minimum atomic E-state index is -0.459. The number of ether oxygens (including phenoxy) is 2. The molecule has 0 bridgehead atoms. The Balaban J connectivity index is 3.32. The fraction of sp³-hybridized carbons (Fsp3) is 0.700. The average molecular weight is 186 g/mol. The summed E-state index contributed by atoms with van der Waals surface area (Å²) in [5.74, 6) is -0.394. The van der Waals surface area contributed by atoms with Crippen molar-refractivity contribution in [2.75, 3.05) is 13.7 Å². The second-order valence-electron chi connectivity index (χ2n) is 2.82. The number of unbranched alkanes of at least 4 members (excludes halogenated alkanes) is 3. The third kappa shape index (κ3) is 6.20. The van der Waals surface area contributed by atoms with E-state index in [0.29, 0.717) is 6.61 Å². The lowest BCUT2D eigenvalue weighted by molar-refractivity contribution is -0.142. The van der Waals surface area contributed by atoms with Crippen LogP contribution in [-0.4, -0.2) is 19.7 Å². The number of rotatable bonds is 7. The molecule has 0 radical (unpaired) electrons. The summed E-state index contributed by atoms with van der Waals surface area (Å²) in [6, 6.07) is 0. The SMILES string of the molecule is C=C(OC)C(=O)OCCCCCC. The van der Waals surface area contributed by atoms with Crippen molar-refractivity contribution in [3.05, 3.63) is 12.3 Å². The van der Waals surface area contributed by atoms with Crippen LogP contribution in [0.1, 0.15) is 32.6 Å². The maximum absolute atomic E-state index is 11.0. The number of carbonyl (C=O) groups is 1. The van der Waals surface area contributed by atoms with E-state index in [1.54, 1.807) is 0 Å². The van der Waals surface area contributed by atoms with Crippen LogP contribution in [0.25, 0.3) is 0 Å². The molecule has 0 unspecified atom stereocenters. The van der Waals surface area contributed by atoms with Gasteiger partial charge in [-0.25, -0.2) is 4.79 Å². The number of hydrogen-bond donors (Lipinski definition) is 0. The Morgan fingerprint density at radius 2 is 2.00 bits per heavy atom. The predicted molar refractivity (Wildman–Crippen MR) is 51.3 cm³/mol. The summed E-state index contributed by atoms with van der Waals surface area (Å²) in [5, 5.41) is 0. The lowest BCUT2D eigenvalue weighted by Gasteiger charge is -2.05. The van der Waals surface area contributed by atoms with E-state index in [9.17, 15) is 4.79 Å². The van der Waals surface area contributed by atoms with Gasteiger partial charge in [0, 0.05) is 0 Å². The molecule has 0 saturated carbocycles. The van der Waals surface area contributed by atoms with Crippen LogP contribution in [-0.2, 0) is 14.3 Å². The summed E-state index contributed by atoms with van der Waals surface area (Å²) >= 11 is 0. The summed E-state index contributed by atoms with van der Waals surface area (Å²) in [6.07, 6.45) is 4.38. The molecule has 0 amide bonds. The molecule has 3 heteroatoms. The van der Waals surface area contributed by atoms with Crippen molar-refractivity contribution in [2.24, 2.45) is 0 Å². The molecular formula is C10H18O3. The first-order valence-corrected chi connectivity index (χ1v) is 4.62. The summed E-state index contributed by atoms with van der Waals surface area (Å²) < 4.78 is 9.50. The van der Waals surface area contributed by atoms with Gasteiger partial charge in [-0.3, -0.25) is 0 Å². The van der Waals surface area contributed by atoms with Crippen LogP contribution in [0.4, 0.5) is 0 Å². The van der Waals surface area contributed by atoms with E-state index >= 15 is 0 Å². The summed E-state index contributed by atoms with van der Waals surface area (Å²) in [7, 11) is 1.40. The number of esters is 1. The predicted octanol–water partition coefficient (Wildman–Crippen LogP) is 2.27. The molecule has 76 valence electrons. The molecule has 0 aromatic heterocycles. The first kappa shape index (κ1) is 12.0. The normalized spacial score (nSPS) is 9.38. The van der Waals surface area contributed by atoms with Gasteiger partial charge in [-0.2, -0.15) is 0 Å². The molecule has 0 aliphatic carbocycles. The van der Waals surface area contributed by atoms with E-state index in [4.69, 9.17) is 4.74 Å². The smallest absolute Gasteiger partial charge is 0.372 e. The van der Waals surface area contributed by atoms with Crippen LogP contribution in [0, 0.1) is 0 Å². The quantitative estimate of drug-likeness (QED) is 0.265. The standard InChI is InChI=1S/C10H18O3/c1-4-5-6-7-8-13-10(11)9(2)12-3/h2,4-8H2,1,3H3. The van der Waals surface area contributed by atoms with Crippen molar-refractivity contribution in [3.63, 3.8) is 0 Å². The Bertz CT molecular complexity index is 164. The maximum atomic E-state index is 11.0. The topological polar surface area (TPSA) is 35.5 Å². The molecule has 0 heterocycles. The van der Waals surface area contributed by atoms with E-state index in [0.717, 1.165) is 12.8 Å². The van der Waals surface area contributed by atoms with Crippen LogP contribution in [0.5, 0.6) is 0 Å². The fourth-order valence-corrected chi connectivity index (χ4v) is 0.858. The lowest BCUT2D eigenvalue weighted by atomic mass is 10.2. The van der Waals surface area contributed by atoms with Gasteiger partial charge in [0.2, 0.25) is 0 Å². The number of carbonyl (C=O) groups excluding carboxylic acids is 1. The largest absolute Gasteiger partial charge is 0.490 e. The third-order valence-corrected chi connectivity index (χ3v) is 1.71. The second-order valence-corrected chi connectivity index (χ2v) is 2.82. The van der Waals surface area contributed by atoms with Crippen molar-refractivity contribution in [1.29, 1.82) is 0 Å². The minimum Gasteiger partial charge on any atom is -0.490 e. The molecule has 0 rings (SSSR count). The maximum Gasteiger partial charge on any atom is 0.372 e. The van der Waals surface area contributed by atoms with E-state index in [1.807, 2.05) is 0 Å². The molecule has 0 saturated heterocycles. The Morgan fingerprint density at radius 3 is 2.54 bits per heavy atom. The van der Waals surface area contributed by atoms with Gasteiger partial charge in [-0.05, 0) is 13.0 Å². The Labute approximate surface area is 79.7 Å². The summed E-state index contributed by atoms with van der Waals surface area (Å²) in [4.78, 5) is 11.0. The molecule has 13 heavy (non-hydrogen) atoms. The highest BCUT2D eigenvalue weighted by Gasteiger charge is 2.06. The van der Waals surface area contributed by atoms with Gasteiger partial charge in [0.15, 0.2) is 5.76 Å². The van der Waals surface area contributed by atoms with Gasteiger partial charge >= 0.3 is 5.97 Å². The lowest BCUT2D eigenvalue weighted by Crippen LogP contribution is -2.09. The van der Waals surface area contributed by atoms with Crippen molar-refractivity contribution < 1.29 is 14.3 Å². The highest BCUT2D eigenvalue weighted by Crippen LogP contribution is 2.01. The van der Waals surface area contributed by atoms with Gasteiger partial charge in [-0.15, -0.1) is 0 Å². The molecular weight excluding hydrogens is 168 g/mol. The first-order valence-electron chi connectivity index (χ1n) is 4.62. The highest BCUT2D eigenvalue weighted by molar-refractivity contribution is 5.85. The van der Waals surface area contributed by atoms with Crippen LogP contribution in [0.15, 0.2) is 12.3 Å². The monoisotopic (exact) mass is 186 g/mol. The Morgan fingerprint density at radius 1 is 1.31 bits per heavy atom. The number of methoxy groups -OCH3 is 1. The Hall–Kier alpha value is -0.990. The van der Waals surface area contributed by atoms with Crippen LogP contribution < -0.4 is 0 Å². The van der Waals surface area contributed by atoms with Crippen LogP contribution >= 0.6 is 0 Å². The van der Waals surface area contributed by atoms with Gasteiger partial charge in [0.1, 0.15) is 0 Å². The molecule has 0 aromatic rings. The van der Waals surface area contributed by atoms with Crippen molar-refractivity contribution in [2.45, 2.75) is 32.6 Å². The Kier molecular flexibility index (Phi) is 7.07. The van der Waals surface area contributed by atoms with Gasteiger partial charge in [0.05, 0.1) is 13.7 Å². The van der Waals surface area contributed by atoms with E-state index in [2.05, 4.69) is 18.2 Å². The minimum absolute atomic E-state index is 0.0653. The molecule has 0 aliphatic rings. The second kappa shape index (κ2) is 7.65. The number of hydrogen-bond acceptors (Lipinski definition) is 3. The highest BCUT2D eigenvalue weighted by atomic mass is 16.6. The van der Waals surface area contributed by atoms with Crippen LogP contribution in [0.2, 0.25) is 0 Å². The van der Waals surface area contributed by atoms with E-state index in [1.165, 1.54) is 20.0 Å². The average Bonchev–Trinajstić information content (AvgIpc) is 2.16. The first-order chi connectivity index (χ1) is 6.22. The zero-order valence-electron chi connectivity index (χ0n) is 8.47. The van der Waals surface area contributed by atoms with E-state index < -0.39 is 5.97 Å². The van der Waals surface area contributed by atoms with Gasteiger partial charge < -0.3 is 9.47 Å². The van der Waals surface area contributed by atoms with Crippen molar-refractivity contribution in [1.82, 2.24) is 0 Å². The molecule has 0 aliphatic heterocycles. The third-order valence-electron chi connectivity index (χ3n) is 1.71. The summed E-state index contributed by atoms with van der Waals surface area (Å²) in [6.45, 7) is 5.99. The molecule has 3 nitrogen and oxygen atoms in total. The van der Waals surface area contributed by atoms with E-state index in [-0.39, 0.29) is 5.76 Å². The summed E-state index contributed by atoms with van der Waals surface area (Å²) in [5.41, 5.74) is 0. The fourth-order valence-electron chi connectivity index (χ4n) is 0.858. The molecule has 0 aromatic carbocycles. The van der Waals surface area contributed by atoms with Gasteiger partial charge in [0.25, 0.3) is 0 Å². The zero-order valence-corrected chi connectivity index (χ0v) is 8.47. The molecule has 0 fully saturated rings. The molecule has 0 N–H and O–H groups in total. The zero-order chi connectivity index (χ0) is 10.1. The van der Waals surface area contributed by atoms with Crippen molar-refractivity contribution in [3.8, 4) is 0 Å². The van der Waals surface area contributed by atoms with Crippen LogP contribution in [0.3, 0.4) is 0 Å². The molecule has 0 atom stereocenters. The van der Waals surface area contributed by atoms with Crippen molar-refractivity contribution >= 4 is 5.97 Å². The molecule has 0 spiro atoms.